The molecule has 132 valence electrons. The Balaban J connectivity index is 1.75. The molecule has 25 heavy (non-hydrogen) atoms. The lowest BCUT2D eigenvalue weighted by molar-refractivity contribution is 0.102. The van der Waals surface area contributed by atoms with Gasteiger partial charge in [-0.25, -0.2) is 9.97 Å². The number of aromatic nitrogens is 2. The smallest absolute Gasteiger partial charge is 0.259 e. The Labute approximate surface area is 149 Å². The maximum Gasteiger partial charge on any atom is 0.259 e. The fourth-order valence-electron chi connectivity index (χ4n) is 3.28. The first-order chi connectivity index (χ1) is 11.9. The van der Waals surface area contributed by atoms with Gasteiger partial charge >= 0.3 is 0 Å². The van der Waals surface area contributed by atoms with Gasteiger partial charge in [0.05, 0.1) is 11.3 Å². The molecule has 1 aliphatic rings. The van der Waals surface area contributed by atoms with Gasteiger partial charge in [0.15, 0.2) is 0 Å². The quantitative estimate of drug-likeness (QED) is 0.922. The van der Waals surface area contributed by atoms with Gasteiger partial charge in [-0.1, -0.05) is 13.0 Å². The Hall–Kier alpha value is -2.43. The van der Waals surface area contributed by atoms with Crippen molar-refractivity contribution in [2.75, 3.05) is 23.3 Å². The van der Waals surface area contributed by atoms with Crippen molar-refractivity contribution in [2.24, 2.45) is 5.92 Å². The van der Waals surface area contributed by atoms with E-state index in [4.69, 9.17) is 0 Å². The van der Waals surface area contributed by atoms with Crippen LogP contribution < -0.4 is 10.2 Å². The molecule has 0 bridgehead atoms. The van der Waals surface area contributed by atoms with E-state index in [0.29, 0.717) is 11.3 Å². The first kappa shape index (κ1) is 17.4. The second-order valence-corrected chi connectivity index (χ2v) is 7.17. The predicted molar refractivity (Wildman–Crippen MR) is 101 cm³/mol. The number of hydrogen-bond acceptors (Lipinski definition) is 4. The van der Waals surface area contributed by atoms with Crippen LogP contribution in [0.15, 0.2) is 24.4 Å². The van der Waals surface area contributed by atoms with Gasteiger partial charge in [-0.3, -0.25) is 4.79 Å². The maximum atomic E-state index is 12.6. The molecule has 0 saturated carbocycles. The minimum Gasteiger partial charge on any atom is -0.341 e. The van der Waals surface area contributed by atoms with Crippen LogP contribution in [0.1, 0.15) is 46.9 Å². The van der Waals surface area contributed by atoms with E-state index in [1.54, 1.807) is 6.20 Å². The summed E-state index contributed by atoms with van der Waals surface area (Å²) in [6.07, 6.45) is 3.97. The molecule has 0 radical (unpaired) electrons. The first-order valence-electron chi connectivity index (χ1n) is 8.90. The van der Waals surface area contributed by atoms with E-state index in [1.807, 2.05) is 32.9 Å². The highest BCUT2D eigenvalue weighted by atomic mass is 16.1. The summed E-state index contributed by atoms with van der Waals surface area (Å²) in [5.74, 6) is 1.33. The number of amides is 1. The number of anilines is 2. The molecule has 1 aromatic heterocycles. The summed E-state index contributed by atoms with van der Waals surface area (Å²) in [4.78, 5) is 23.8. The predicted octanol–water partition coefficient (Wildman–Crippen LogP) is 3.89. The average molecular weight is 338 g/mol. The molecule has 5 heteroatoms. The van der Waals surface area contributed by atoms with E-state index in [1.165, 1.54) is 0 Å². The molecule has 1 N–H and O–H groups in total. The summed E-state index contributed by atoms with van der Waals surface area (Å²) >= 11 is 0. The number of nitrogens with one attached hydrogen (secondary N) is 1. The molecule has 1 amide bonds. The number of benzene rings is 1. The highest BCUT2D eigenvalue weighted by Gasteiger charge is 2.20. The largest absolute Gasteiger partial charge is 0.341 e. The molecular weight excluding hydrogens is 312 g/mol. The lowest BCUT2D eigenvalue weighted by Crippen LogP contribution is -2.34. The lowest BCUT2D eigenvalue weighted by atomic mass is 10.00. The van der Waals surface area contributed by atoms with Gasteiger partial charge in [0.1, 0.15) is 0 Å². The lowest BCUT2D eigenvalue weighted by Gasteiger charge is -2.30. The van der Waals surface area contributed by atoms with E-state index in [0.717, 1.165) is 54.6 Å². The van der Waals surface area contributed by atoms with E-state index in [9.17, 15) is 4.79 Å². The van der Waals surface area contributed by atoms with Gasteiger partial charge in [0.2, 0.25) is 5.95 Å². The fraction of sp³-hybridized carbons (Fsp3) is 0.450. The van der Waals surface area contributed by atoms with Gasteiger partial charge < -0.3 is 10.2 Å². The summed E-state index contributed by atoms with van der Waals surface area (Å²) < 4.78 is 0. The van der Waals surface area contributed by atoms with E-state index in [2.05, 4.69) is 33.2 Å². The SMILES string of the molecule is Cc1cc(C)cc(NC(=O)c2cnc(N3CCC(C)CC3)nc2C)c1. The Morgan fingerprint density at radius 2 is 1.76 bits per heavy atom. The Morgan fingerprint density at radius 3 is 2.36 bits per heavy atom. The summed E-state index contributed by atoms with van der Waals surface area (Å²) in [7, 11) is 0. The second kappa shape index (κ2) is 7.21. The number of nitrogens with zero attached hydrogens (tertiary/aromatic N) is 3. The maximum absolute atomic E-state index is 12.6. The topological polar surface area (TPSA) is 58.1 Å². The van der Waals surface area contributed by atoms with Crippen molar-refractivity contribution in [1.29, 1.82) is 0 Å². The van der Waals surface area contributed by atoms with Crippen LogP contribution in [-0.2, 0) is 0 Å². The number of hydrogen-bond donors (Lipinski definition) is 1. The fourth-order valence-corrected chi connectivity index (χ4v) is 3.28. The number of carbonyl (C=O) groups excluding carboxylic acids is 1. The van der Waals surface area contributed by atoms with Crippen LogP contribution >= 0.6 is 0 Å². The van der Waals surface area contributed by atoms with E-state index in [-0.39, 0.29) is 5.91 Å². The van der Waals surface area contributed by atoms with Gasteiger partial charge in [0, 0.05) is 25.0 Å². The van der Waals surface area contributed by atoms with Crippen LogP contribution in [0.25, 0.3) is 0 Å². The van der Waals surface area contributed by atoms with Crippen molar-refractivity contribution < 1.29 is 4.79 Å². The number of rotatable bonds is 3. The summed E-state index contributed by atoms with van der Waals surface area (Å²) in [6, 6.07) is 6.01. The number of carbonyl (C=O) groups is 1. The Bertz CT molecular complexity index is 759. The molecule has 2 heterocycles. The van der Waals surface area contributed by atoms with Crippen LogP contribution in [0.2, 0.25) is 0 Å². The third-order valence-electron chi connectivity index (χ3n) is 4.76. The molecule has 0 spiro atoms. The van der Waals surface area contributed by atoms with Crippen LogP contribution in [-0.4, -0.2) is 29.0 Å². The molecule has 0 atom stereocenters. The zero-order valence-corrected chi connectivity index (χ0v) is 15.5. The van der Waals surface area contributed by atoms with Crippen molar-refractivity contribution in [3.8, 4) is 0 Å². The second-order valence-electron chi connectivity index (χ2n) is 7.17. The monoisotopic (exact) mass is 338 g/mol. The molecule has 1 aromatic carbocycles. The van der Waals surface area contributed by atoms with Gasteiger partial charge in [0.25, 0.3) is 5.91 Å². The molecule has 0 aliphatic carbocycles. The molecule has 1 saturated heterocycles. The minimum absolute atomic E-state index is 0.165. The Morgan fingerprint density at radius 1 is 1.12 bits per heavy atom. The van der Waals surface area contributed by atoms with Crippen molar-refractivity contribution in [1.82, 2.24) is 9.97 Å². The Kier molecular flexibility index (Phi) is 5.02. The van der Waals surface area contributed by atoms with Gasteiger partial charge in [-0.2, -0.15) is 0 Å². The van der Waals surface area contributed by atoms with E-state index >= 15 is 0 Å². The molecular formula is C20H26N4O. The molecule has 1 aliphatic heterocycles. The zero-order valence-electron chi connectivity index (χ0n) is 15.5. The minimum atomic E-state index is -0.165. The summed E-state index contributed by atoms with van der Waals surface area (Å²) in [5, 5.41) is 2.95. The van der Waals surface area contributed by atoms with E-state index < -0.39 is 0 Å². The molecule has 3 rings (SSSR count). The van der Waals surface area contributed by atoms with Crippen LogP contribution in [0.4, 0.5) is 11.6 Å². The van der Waals surface area contributed by atoms with Gasteiger partial charge in [-0.15, -0.1) is 0 Å². The number of piperidine rings is 1. The zero-order chi connectivity index (χ0) is 18.0. The third kappa shape index (κ3) is 4.16. The molecule has 1 fully saturated rings. The van der Waals surface area contributed by atoms with Crippen molar-refractivity contribution in [3.63, 3.8) is 0 Å². The molecule has 0 unspecified atom stereocenters. The summed E-state index contributed by atoms with van der Waals surface area (Å²) in [5.41, 5.74) is 4.28. The highest BCUT2D eigenvalue weighted by molar-refractivity contribution is 6.04. The normalized spacial score (nSPS) is 15.3. The molecule has 5 nitrogen and oxygen atoms in total. The van der Waals surface area contributed by atoms with Crippen LogP contribution in [0, 0.1) is 26.7 Å². The van der Waals surface area contributed by atoms with Crippen molar-refractivity contribution >= 4 is 17.5 Å². The highest BCUT2D eigenvalue weighted by Crippen LogP contribution is 2.21. The average Bonchev–Trinajstić information content (AvgIpc) is 2.54. The van der Waals surface area contributed by atoms with Crippen LogP contribution in [0.3, 0.4) is 0 Å². The summed E-state index contributed by atoms with van der Waals surface area (Å²) in [6.45, 7) is 10.2. The van der Waals surface area contributed by atoms with Gasteiger partial charge in [-0.05, 0) is 62.8 Å². The van der Waals surface area contributed by atoms with Crippen molar-refractivity contribution in [3.05, 3.63) is 46.8 Å². The van der Waals surface area contributed by atoms with Crippen LogP contribution in [0.5, 0.6) is 0 Å². The first-order valence-corrected chi connectivity index (χ1v) is 8.90. The number of aryl methyl sites for hydroxylation is 3. The molecule has 2 aromatic rings. The van der Waals surface area contributed by atoms with Crippen molar-refractivity contribution in [2.45, 2.75) is 40.5 Å². The third-order valence-corrected chi connectivity index (χ3v) is 4.76. The standard InChI is InChI=1S/C20H26N4O/c1-13-5-7-24(8-6-13)20-21-12-18(16(4)22-20)19(25)23-17-10-14(2)9-15(3)11-17/h9-13H,5-8H2,1-4H3,(H,23,25).